The van der Waals surface area contributed by atoms with E-state index in [4.69, 9.17) is 25.8 Å². The molecule has 3 aromatic rings. The fourth-order valence-electron chi connectivity index (χ4n) is 5.06. The van der Waals surface area contributed by atoms with Crippen molar-refractivity contribution in [1.29, 1.82) is 0 Å². The molecular formula is C25H22ClFN4O5. The minimum atomic E-state index is -1.32. The summed E-state index contributed by atoms with van der Waals surface area (Å²) in [5.41, 5.74) is 0.485. The first-order valence-electron chi connectivity index (χ1n) is 11.6. The van der Waals surface area contributed by atoms with Crippen molar-refractivity contribution >= 4 is 29.3 Å². The van der Waals surface area contributed by atoms with Crippen molar-refractivity contribution < 1.29 is 28.2 Å². The van der Waals surface area contributed by atoms with Gasteiger partial charge < -0.3 is 19.1 Å². The highest BCUT2D eigenvalue weighted by Gasteiger charge is 2.48. The second-order valence-corrected chi connectivity index (χ2v) is 9.43. The molecule has 3 aliphatic rings. The number of carbonyl (C=O) groups is 2. The number of hydrogen-bond donors (Lipinski definition) is 1. The zero-order valence-corrected chi connectivity index (χ0v) is 19.9. The SMILES string of the molecule is O=C1Nc2ccc(Cl)c(F)c2[C@@]2(CCCN(C(=O)c3cnn(Cc4ccc5c(c4)OCCO5)c3)C2)O1. The first-order chi connectivity index (χ1) is 17.4. The van der Waals surface area contributed by atoms with Gasteiger partial charge in [0, 0.05) is 12.7 Å². The molecule has 1 fully saturated rings. The van der Waals surface area contributed by atoms with Gasteiger partial charge in [0.1, 0.15) is 13.2 Å². The molecule has 2 amide bonds. The van der Waals surface area contributed by atoms with Crippen LogP contribution in [0.15, 0.2) is 42.7 Å². The molecule has 3 aliphatic heterocycles. The first-order valence-corrected chi connectivity index (χ1v) is 12.0. The average molecular weight is 513 g/mol. The lowest BCUT2D eigenvalue weighted by Gasteiger charge is -2.45. The van der Waals surface area contributed by atoms with E-state index in [0.29, 0.717) is 61.9 Å². The van der Waals surface area contributed by atoms with Crippen molar-refractivity contribution in [2.75, 3.05) is 31.6 Å². The Kier molecular flexibility index (Phi) is 5.48. The molecule has 0 aliphatic carbocycles. The first kappa shape index (κ1) is 22.7. The van der Waals surface area contributed by atoms with E-state index in [-0.39, 0.29) is 23.0 Å². The fourth-order valence-corrected chi connectivity index (χ4v) is 5.22. The van der Waals surface area contributed by atoms with Gasteiger partial charge in [0.25, 0.3) is 5.91 Å². The van der Waals surface area contributed by atoms with Crippen molar-refractivity contribution in [3.63, 3.8) is 0 Å². The van der Waals surface area contributed by atoms with Crippen LogP contribution < -0.4 is 14.8 Å². The molecule has 6 rings (SSSR count). The summed E-state index contributed by atoms with van der Waals surface area (Å²) >= 11 is 6.04. The maximum Gasteiger partial charge on any atom is 0.412 e. The highest BCUT2D eigenvalue weighted by Crippen LogP contribution is 2.45. The van der Waals surface area contributed by atoms with E-state index in [9.17, 15) is 9.59 Å². The van der Waals surface area contributed by atoms with Crippen LogP contribution >= 0.6 is 11.6 Å². The van der Waals surface area contributed by atoms with Crippen molar-refractivity contribution in [1.82, 2.24) is 14.7 Å². The van der Waals surface area contributed by atoms with Crippen molar-refractivity contribution in [2.45, 2.75) is 25.0 Å². The summed E-state index contributed by atoms with van der Waals surface area (Å²) in [6, 6.07) is 8.61. The lowest BCUT2D eigenvalue weighted by molar-refractivity contribution is -0.0418. The Balaban J connectivity index is 1.23. The summed E-state index contributed by atoms with van der Waals surface area (Å²) < 4.78 is 33.6. The predicted molar refractivity (Wildman–Crippen MR) is 127 cm³/mol. The molecule has 1 saturated heterocycles. The third kappa shape index (κ3) is 3.91. The van der Waals surface area contributed by atoms with Gasteiger partial charge in [-0.05, 0) is 42.7 Å². The van der Waals surface area contributed by atoms with Crippen LogP contribution in [0.25, 0.3) is 0 Å². The molecule has 2 aromatic carbocycles. The Morgan fingerprint density at radius 1 is 1.19 bits per heavy atom. The Morgan fingerprint density at radius 3 is 2.89 bits per heavy atom. The van der Waals surface area contributed by atoms with Crippen LogP contribution in [-0.2, 0) is 16.9 Å². The summed E-state index contributed by atoms with van der Waals surface area (Å²) in [6.07, 6.45) is 3.38. The van der Waals surface area contributed by atoms with Crippen LogP contribution in [-0.4, -0.2) is 53.0 Å². The average Bonchev–Trinajstić information content (AvgIpc) is 3.34. The molecular weight excluding hydrogens is 491 g/mol. The zero-order valence-electron chi connectivity index (χ0n) is 19.1. The third-order valence-corrected chi connectivity index (χ3v) is 6.94. The smallest absolute Gasteiger partial charge is 0.412 e. The number of nitrogens with one attached hydrogen (secondary N) is 1. The summed E-state index contributed by atoms with van der Waals surface area (Å²) in [4.78, 5) is 27.2. The van der Waals surface area contributed by atoms with Crippen LogP contribution in [0.1, 0.15) is 34.3 Å². The van der Waals surface area contributed by atoms with Gasteiger partial charge in [0.2, 0.25) is 0 Å². The number of benzene rings is 2. The second-order valence-electron chi connectivity index (χ2n) is 9.03. The highest BCUT2D eigenvalue weighted by molar-refractivity contribution is 6.31. The number of rotatable bonds is 3. The normalized spacial score (nSPS) is 20.5. The van der Waals surface area contributed by atoms with E-state index >= 15 is 4.39 Å². The van der Waals surface area contributed by atoms with Crippen LogP contribution in [0.5, 0.6) is 11.5 Å². The highest BCUT2D eigenvalue weighted by atomic mass is 35.5. The van der Waals surface area contributed by atoms with Crippen LogP contribution in [0.4, 0.5) is 14.9 Å². The van der Waals surface area contributed by atoms with Crippen LogP contribution in [0, 0.1) is 5.82 Å². The Bertz CT molecular complexity index is 1380. The topological polar surface area (TPSA) is 94.9 Å². The Labute approximate surface area is 210 Å². The molecule has 36 heavy (non-hydrogen) atoms. The molecule has 11 heteroatoms. The maximum atomic E-state index is 15.1. The molecule has 0 saturated carbocycles. The molecule has 1 spiro atoms. The molecule has 0 bridgehead atoms. The lowest BCUT2D eigenvalue weighted by Crippen LogP contribution is -2.53. The summed E-state index contributed by atoms with van der Waals surface area (Å²) in [6.45, 7) is 1.91. The third-order valence-electron chi connectivity index (χ3n) is 6.65. The van der Waals surface area contributed by atoms with Gasteiger partial charge in [0.05, 0.1) is 41.1 Å². The fraction of sp³-hybridized carbons (Fsp3) is 0.320. The monoisotopic (exact) mass is 512 g/mol. The number of amides is 2. The minimum Gasteiger partial charge on any atom is -0.486 e. The van der Waals surface area contributed by atoms with Crippen molar-refractivity contribution in [3.05, 3.63) is 70.3 Å². The van der Waals surface area contributed by atoms with Gasteiger partial charge in [-0.1, -0.05) is 17.7 Å². The number of halogens is 2. The Hall–Kier alpha value is -3.79. The number of nitrogens with zero attached hydrogens (tertiary/aromatic N) is 3. The van der Waals surface area contributed by atoms with Gasteiger partial charge in [0.15, 0.2) is 22.9 Å². The van der Waals surface area contributed by atoms with E-state index in [1.165, 1.54) is 12.3 Å². The number of carbonyl (C=O) groups excluding carboxylic acids is 2. The number of piperidine rings is 1. The number of fused-ring (bicyclic) bond motifs is 3. The van der Waals surface area contributed by atoms with Crippen molar-refractivity contribution in [2.24, 2.45) is 0 Å². The minimum absolute atomic E-state index is 0.0108. The zero-order chi connectivity index (χ0) is 24.9. The van der Waals surface area contributed by atoms with E-state index in [1.54, 1.807) is 21.8 Å². The lowest BCUT2D eigenvalue weighted by atomic mass is 9.83. The van der Waals surface area contributed by atoms with E-state index in [0.717, 1.165) is 5.56 Å². The molecule has 9 nitrogen and oxygen atoms in total. The van der Waals surface area contributed by atoms with Gasteiger partial charge in [-0.15, -0.1) is 0 Å². The number of hydrogen-bond acceptors (Lipinski definition) is 6. The van der Waals surface area contributed by atoms with Gasteiger partial charge >= 0.3 is 6.09 Å². The van der Waals surface area contributed by atoms with E-state index in [1.807, 2.05) is 18.2 Å². The van der Waals surface area contributed by atoms with Gasteiger partial charge in [-0.25, -0.2) is 9.18 Å². The standard InChI is InChI=1S/C25H22ClFN4O5/c26-17-3-4-18-21(22(17)27)25(36-24(33)29-18)6-1-7-30(14-25)23(32)16-11-28-31(13-16)12-15-2-5-19-20(10-15)35-9-8-34-19/h2-5,10-11,13H,1,6-9,12,14H2,(H,29,33)/t25-/m0/s1. The molecule has 4 heterocycles. The van der Waals surface area contributed by atoms with Crippen LogP contribution in [0.3, 0.4) is 0 Å². The van der Waals surface area contributed by atoms with E-state index < -0.39 is 17.5 Å². The van der Waals surface area contributed by atoms with Gasteiger partial charge in [-0.2, -0.15) is 5.10 Å². The predicted octanol–water partition coefficient (Wildman–Crippen LogP) is 4.19. The van der Waals surface area contributed by atoms with Crippen LogP contribution in [0.2, 0.25) is 5.02 Å². The second kappa shape index (κ2) is 8.70. The number of likely N-dealkylation sites (tertiary alicyclic amines) is 1. The summed E-state index contributed by atoms with van der Waals surface area (Å²) in [5, 5.41) is 6.80. The van der Waals surface area contributed by atoms with Gasteiger partial charge in [-0.3, -0.25) is 14.8 Å². The quantitative estimate of drug-likeness (QED) is 0.565. The number of aromatic nitrogens is 2. The molecule has 186 valence electrons. The van der Waals surface area contributed by atoms with E-state index in [2.05, 4.69) is 10.4 Å². The molecule has 1 atom stereocenters. The Morgan fingerprint density at radius 2 is 2.03 bits per heavy atom. The summed E-state index contributed by atoms with van der Waals surface area (Å²) in [7, 11) is 0. The maximum absolute atomic E-state index is 15.1. The molecule has 1 aromatic heterocycles. The molecule has 0 unspecified atom stereocenters. The molecule has 1 N–H and O–H groups in total. The van der Waals surface area contributed by atoms with Crippen molar-refractivity contribution in [3.8, 4) is 11.5 Å². The number of anilines is 1. The molecule has 0 radical (unpaired) electrons. The largest absolute Gasteiger partial charge is 0.486 e. The number of ether oxygens (including phenoxy) is 3. The summed E-state index contributed by atoms with van der Waals surface area (Å²) in [5.74, 6) is 0.458.